The number of rotatable bonds is 5. The van der Waals surface area contributed by atoms with E-state index in [9.17, 15) is 18.0 Å². The van der Waals surface area contributed by atoms with Gasteiger partial charge in [-0.05, 0) is 43.0 Å². The third kappa shape index (κ3) is 3.67. The molecule has 0 radical (unpaired) electrons. The summed E-state index contributed by atoms with van der Waals surface area (Å²) < 4.78 is 27.1. The maximum Gasteiger partial charge on any atom is 0.246 e. The quantitative estimate of drug-likeness (QED) is 0.748. The molecule has 0 aromatic heterocycles. The van der Waals surface area contributed by atoms with Crippen molar-refractivity contribution < 1.29 is 18.0 Å². The molecule has 1 saturated heterocycles. The number of hydrogen-bond donors (Lipinski definition) is 0. The summed E-state index contributed by atoms with van der Waals surface area (Å²) in [5.74, 6) is -0.243. The monoisotopic (exact) mass is 407 g/mol. The van der Waals surface area contributed by atoms with E-state index in [0.29, 0.717) is 25.2 Å². The van der Waals surface area contributed by atoms with E-state index in [1.165, 1.54) is 22.2 Å². The van der Waals surface area contributed by atoms with Crippen molar-refractivity contribution in [1.29, 1.82) is 0 Å². The van der Waals surface area contributed by atoms with Gasteiger partial charge < -0.3 is 4.90 Å². The zero-order valence-corrected chi connectivity index (χ0v) is 17.7. The molecule has 0 saturated carbocycles. The molecule has 2 aliphatic rings. The fourth-order valence-corrected chi connectivity index (χ4v) is 5.72. The summed E-state index contributed by atoms with van der Waals surface area (Å²) in [6, 6.07) is 4.24. The van der Waals surface area contributed by atoms with Crippen LogP contribution in [0.15, 0.2) is 23.1 Å². The lowest BCUT2D eigenvalue weighted by atomic mass is 10.1. The van der Waals surface area contributed by atoms with Gasteiger partial charge in [0.2, 0.25) is 21.8 Å². The van der Waals surface area contributed by atoms with Crippen molar-refractivity contribution in [2.45, 2.75) is 57.4 Å². The van der Waals surface area contributed by atoms with E-state index >= 15 is 0 Å². The summed E-state index contributed by atoms with van der Waals surface area (Å²) >= 11 is 0. The zero-order valence-electron chi connectivity index (χ0n) is 16.8. The minimum atomic E-state index is -3.58. The highest BCUT2D eigenvalue weighted by atomic mass is 32.2. The Kier molecular flexibility index (Phi) is 6.09. The Morgan fingerprint density at radius 1 is 1.11 bits per heavy atom. The molecule has 0 aliphatic carbocycles. The van der Waals surface area contributed by atoms with Crippen LogP contribution in [0.25, 0.3) is 0 Å². The van der Waals surface area contributed by atoms with E-state index in [1.807, 2.05) is 4.90 Å². The lowest BCUT2D eigenvalue weighted by Gasteiger charge is -2.32. The van der Waals surface area contributed by atoms with Gasteiger partial charge in [0.1, 0.15) is 6.04 Å². The molecule has 154 valence electrons. The van der Waals surface area contributed by atoms with Crippen LogP contribution in [-0.4, -0.2) is 61.7 Å². The third-order valence-electron chi connectivity index (χ3n) is 5.67. The Morgan fingerprint density at radius 3 is 2.32 bits per heavy atom. The van der Waals surface area contributed by atoms with Crippen LogP contribution < -0.4 is 4.90 Å². The zero-order chi connectivity index (χ0) is 20.5. The summed E-state index contributed by atoms with van der Waals surface area (Å²) in [6.07, 6.45) is 3.44. The maximum absolute atomic E-state index is 13.1. The van der Waals surface area contributed by atoms with Crippen LogP contribution in [0.3, 0.4) is 0 Å². The molecule has 7 nitrogen and oxygen atoms in total. The SMILES string of the molecule is CCN(CC)S(=O)(=O)c1ccc2c(c1)CC(C(=O)N1CCCCC1)N2C(C)=O. The lowest BCUT2D eigenvalue weighted by molar-refractivity contribution is -0.135. The van der Waals surface area contributed by atoms with Crippen molar-refractivity contribution in [3.63, 3.8) is 0 Å². The number of piperidine rings is 1. The van der Waals surface area contributed by atoms with Crippen LogP contribution in [0, 0.1) is 0 Å². The van der Waals surface area contributed by atoms with Gasteiger partial charge >= 0.3 is 0 Å². The number of carbonyl (C=O) groups is 2. The number of benzene rings is 1. The molecule has 3 rings (SSSR count). The Hall–Kier alpha value is -1.93. The summed E-state index contributed by atoms with van der Waals surface area (Å²) in [5, 5.41) is 0. The molecule has 28 heavy (non-hydrogen) atoms. The van der Waals surface area contributed by atoms with E-state index < -0.39 is 16.1 Å². The van der Waals surface area contributed by atoms with Crippen LogP contribution >= 0.6 is 0 Å². The average Bonchev–Trinajstić information content (AvgIpc) is 3.07. The van der Waals surface area contributed by atoms with E-state index in [2.05, 4.69) is 0 Å². The minimum absolute atomic E-state index is 0.0424. The fourth-order valence-electron chi connectivity index (χ4n) is 4.21. The van der Waals surface area contributed by atoms with Crippen molar-refractivity contribution in [2.75, 3.05) is 31.1 Å². The molecular weight excluding hydrogens is 378 g/mol. The number of sulfonamides is 1. The molecule has 1 aromatic carbocycles. The number of amides is 2. The Morgan fingerprint density at radius 2 is 1.75 bits per heavy atom. The van der Waals surface area contributed by atoms with Crippen molar-refractivity contribution in [2.24, 2.45) is 0 Å². The average molecular weight is 408 g/mol. The number of fused-ring (bicyclic) bond motifs is 1. The van der Waals surface area contributed by atoms with Gasteiger partial charge in [0.05, 0.1) is 4.90 Å². The van der Waals surface area contributed by atoms with Crippen LogP contribution in [0.4, 0.5) is 5.69 Å². The first-order valence-electron chi connectivity index (χ1n) is 10.0. The van der Waals surface area contributed by atoms with Crippen molar-refractivity contribution in [1.82, 2.24) is 9.21 Å². The highest BCUT2D eigenvalue weighted by Crippen LogP contribution is 2.35. The Labute approximate surface area is 167 Å². The second-order valence-electron chi connectivity index (χ2n) is 7.37. The molecule has 2 heterocycles. The van der Waals surface area contributed by atoms with Crippen LogP contribution in [0.2, 0.25) is 0 Å². The van der Waals surface area contributed by atoms with E-state index in [0.717, 1.165) is 37.9 Å². The van der Waals surface area contributed by atoms with E-state index in [-0.39, 0.29) is 16.7 Å². The van der Waals surface area contributed by atoms with Gasteiger partial charge in [-0.2, -0.15) is 4.31 Å². The van der Waals surface area contributed by atoms with Gasteiger partial charge in [-0.15, -0.1) is 0 Å². The van der Waals surface area contributed by atoms with Gasteiger partial charge in [0.25, 0.3) is 0 Å². The summed E-state index contributed by atoms with van der Waals surface area (Å²) in [7, 11) is -3.58. The van der Waals surface area contributed by atoms with Crippen molar-refractivity contribution in [3.8, 4) is 0 Å². The predicted octanol–water partition coefficient (Wildman–Crippen LogP) is 2.01. The Balaban J connectivity index is 1.93. The first-order chi connectivity index (χ1) is 13.3. The fraction of sp³-hybridized carbons (Fsp3) is 0.600. The summed E-state index contributed by atoms with van der Waals surface area (Å²) in [5.41, 5.74) is 1.38. The number of carbonyl (C=O) groups excluding carboxylic acids is 2. The highest BCUT2D eigenvalue weighted by molar-refractivity contribution is 7.89. The topological polar surface area (TPSA) is 78.0 Å². The standard InChI is InChI=1S/C20H29N3O4S/c1-4-22(5-2)28(26,27)17-9-10-18-16(13-17)14-19(23(18)15(3)24)20(25)21-11-7-6-8-12-21/h9-10,13,19H,4-8,11-12,14H2,1-3H3. The van der Waals surface area contributed by atoms with Gasteiger partial charge in [0, 0.05) is 45.2 Å². The van der Waals surface area contributed by atoms with Gasteiger partial charge in [-0.25, -0.2) is 8.42 Å². The molecule has 0 N–H and O–H groups in total. The van der Waals surface area contributed by atoms with Crippen molar-refractivity contribution >= 4 is 27.5 Å². The largest absolute Gasteiger partial charge is 0.341 e. The second-order valence-corrected chi connectivity index (χ2v) is 9.31. The lowest BCUT2D eigenvalue weighted by Crippen LogP contribution is -2.50. The molecule has 2 amide bonds. The highest BCUT2D eigenvalue weighted by Gasteiger charge is 2.40. The third-order valence-corrected chi connectivity index (χ3v) is 7.72. The normalized spacial score (nSPS) is 19.8. The molecule has 8 heteroatoms. The predicted molar refractivity (Wildman–Crippen MR) is 108 cm³/mol. The smallest absolute Gasteiger partial charge is 0.246 e. The Bertz CT molecular complexity index is 858. The van der Waals surface area contributed by atoms with Gasteiger partial charge in [0.15, 0.2) is 0 Å². The van der Waals surface area contributed by atoms with E-state index in [1.54, 1.807) is 26.0 Å². The number of hydrogen-bond acceptors (Lipinski definition) is 4. The molecule has 1 atom stereocenters. The molecule has 1 unspecified atom stereocenters. The van der Waals surface area contributed by atoms with Crippen molar-refractivity contribution in [3.05, 3.63) is 23.8 Å². The number of anilines is 1. The molecule has 0 spiro atoms. The number of likely N-dealkylation sites (tertiary alicyclic amines) is 1. The summed E-state index contributed by atoms with van der Waals surface area (Å²) in [6.45, 7) is 7.29. The number of nitrogens with zero attached hydrogens (tertiary/aromatic N) is 3. The van der Waals surface area contributed by atoms with E-state index in [4.69, 9.17) is 0 Å². The molecule has 0 bridgehead atoms. The molecule has 1 aromatic rings. The maximum atomic E-state index is 13.1. The molecule has 1 fully saturated rings. The van der Waals surface area contributed by atoms with Crippen LogP contribution in [0.5, 0.6) is 0 Å². The summed E-state index contributed by atoms with van der Waals surface area (Å²) in [4.78, 5) is 29.0. The van der Waals surface area contributed by atoms with Crippen LogP contribution in [0.1, 0.15) is 45.6 Å². The first-order valence-corrected chi connectivity index (χ1v) is 11.5. The minimum Gasteiger partial charge on any atom is -0.341 e. The van der Waals surface area contributed by atoms with Gasteiger partial charge in [-0.3, -0.25) is 14.5 Å². The molecular formula is C20H29N3O4S. The molecule has 2 aliphatic heterocycles. The van der Waals surface area contributed by atoms with Gasteiger partial charge in [-0.1, -0.05) is 13.8 Å². The second kappa shape index (κ2) is 8.21. The first kappa shape index (κ1) is 20.8. The van der Waals surface area contributed by atoms with Crippen LogP contribution in [-0.2, 0) is 26.0 Å².